The number of fused-ring (bicyclic) bond motifs is 1. The number of aliphatic carboxylic acids is 1. The molecule has 1 heterocycles. The van der Waals surface area contributed by atoms with E-state index < -0.39 is 5.97 Å². The summed E-state index contributed by atoms with van der Waals surface area (Å²) in [4.78, 5) is 39.7. The van der Waals surface area contributed by atoms with Crippen LogP contribution in [0.3, 0.4) is 0 Å². The maximum atomic E-state index is 12.1. The number of carbonyl (C=O) groups is 3. The third kappa shape index (κ3) is 6.36. The summed E-state index contributed by atoms with van der Waals surface area (Å²) in [6.07, 6.45) is 7.11. The molecule has 2 amide bonds. The van der Waals surface area contributed by atoms with Crippen LogP contribution < -0.4 is 4.74 Å². The molecule has 1 saturated carbocycles. The van der Waals surface area contributed by atoms with E-state index in [-0.39, 0.29) is 55.7 Å². The highest BCUT2D eigenvalue weighted by Gasteiger charge is 2.36. The fourth-order valence-electron chi connectivity index (χ4n) is 6.80. The van der Waals surface area contributed by atoms with E-state index in [4.69, 9.17) is 16.3 Å². The van der Waals surface area contributed by atoms with Crippen molar-refractivity contribution in [2.45, 2.75) is 77.3 Å². The Labute approximate surface area is 241 Å². The van der Waals surface area contributed by atoms with Crippen molar-refractivity contribution in [2.75, 3.05) is 19.7 Å². The maximum absolute atomic E-state index is 12.1. The van der Waals surface area contributed by atoms with Crippen molar-refractivity contribution in [3.63, 3.8) is 0 Å². The molecule has 0 bridgehead atoms. The second-order valence-corrected chi connectivity index (χ2v) is 11.8. The Hall–Kier alpha value is -2.90. The van der Waals surface area contributed by atoms with Crippen LogP contribution in [0.1, 0.15) is 80.2 Å². The topological polar surface area (TPSA) is 87.2 Å². The van der Waals surface area contributed by atoms with Gasteiger partial charge in [-0.05, 0) is 78.5 Å². The first-order valence-corrected chi connectivity index (χ1v) is 15.0. The Morgan fingerprint density at radius 1 is 1.05 bits per heavy atom. The van der Waals surface area contributed by atoms with Crippen molar-refractivity contribution in [2.24, 2.45) is 11.8 Å². The SMILES string of the molecule is CCc1cc(CN(CC2CCCCC2C(=O)O)C2CCc3cc(Cl)ccc32)ccc1OCCN1C(=O)CCC1=O. The predicted octanol–water partition coefficient (Wildman–Crippen LogP) is 5.81. The van der Waals surface area contributed by atoms with Gasteiger partial charge in [-0.1, -0.05) is 49.6 Å². The largest absolute Gasteiger partial charge is 0.491 e. The van der Waals surface area contributed by atoms with Crippen molar-refractivity contribution in [3.8, 4) is 5.75 Å². The van der Waals surface area contributed by atoms with Crippen molar-refractivity contribution in [3.05, 3.63) is 63.7 Å². The zero-order valence-corrected chi connectivity index (χ0v) is 24.0. The Bertz CT molecular complexity index is 1250. The Morgan fingerprint density at radius 2 is 1.82 bits per heavy atom. The minimum absolute atomic E-state index is 0.126. The lowest BCUT2D eigenvalue weighted by Crippen LogP contribution is -2.38. The molecule has 214 valence electrons. The molecule has 1 aliphatic heterocycles. The molecular weight excluding hydrogens is 528 g/mol. The van der Waals surface area contributed by atoms with Gasteiger partial charge in [0.2, 0.25) is 11.8 Å². The molecule has 2 aliphatic carbocycles. The maximum Gasteiger partial charge on any atom is 0.306 e. The van der Waals surface area contributed by atoms with Gasteiger partial charge in [0.25, 0.3) is 0 Å². The summed E-state index contributed by atoms with van der Waals surface area (Å²) in [5.41, 5.74) is 4.83. The van der Waals surface area contributed by atoms with Crippen LogP contribution in [0.4, 0.5) is 0 Å². The van der Waals surface area contributed by atoms with Crippen molar-refractivity contribution in [1.29, 1.82) is 0 Å². The number of amides is 2. The van der Waals surface area contributed by atoms with Crippen LogP contribution in [-0.4, -0.2) is 52.4 Å². The lowest BCUT2D eigenvalue weighted by Gasteiger charge is -2.37. The van der Waals surface area contributed by atoms with Crippen LogP contribution in [0.5, 0.6) is 5.75 Å². The van der Waals surface area contributed by atoms with Crippen molar-refractivity contribution < 1.29 is 24.2 Å². The lowest BCUT2D eigenvalue weighted by molar-refractivity contribution is -0.145. The zero-order chi connectivity index (χ0) is 28.2. The molecule has 2 aromatic rings. The fourth-order valence-corrected chi connectivity index (χ4v) is 6.99. The second kappa shape index (κ2) is 12.7. The number of aryl methyl sites for hydroxylation is 2. The van der Waals surface area contributed by atoms with Crippen LogP contribution in [-0.2, 0) is 33.8 Å². The van der Waals surface area contributed by atoms with Gasteiger partial charge in [0, 0.05) is 37.0 Å². The van der Waals surface area contributed by atoms with Gasteiger partial charge in [-0.2, -0.15) is 0 Å². The predicted molar refractivity (Wildman–Crippen MR) is 153 cm³/mol. The number of hydrogen-bond acceptors (Lipinski definition) is 5. The van der Waals surface area contributed by atoms with Gasteiger partial charge in [0.15, 0.2) is 0 Å². The Morgan fingerprint density at radius 3 is 2.58 bits per heavy atom. The van der Waals surface area contributed by atoms with Crippen LogP contribution in [0.2, 0.25) is 5.02 Å². The quantitative estimate of drug-likeness (QED) is 0.345. The average molecular weight is 567 g/mol. The van der Waals surface area contributed by atoms with Gasteiger partial charge in [0.1, 0.15) is 12.4 Å². The number of benzene rings is 2. The summed E-state index contributed by atoms with van der Waals surface area (Å²) in [5.74, 6) is -0.311. The molecule has 0 aromatic heterocycles. The van der Waals surface area contributed by atoms with E-state index in [2.05, 4.69) is 36.1 Å². The molecule has 1 N–H and O–H groups in total. The van der Waals surface area contributed by atoms with Gasteiger partial charge in [0.05, 0.1) is 12.5 Å². The van der Waals surface area contributed by atoms with Crippen molar-refractivity contribution in [1.82, 2.24) is 9.80 Å². The number of likely N-dealkylation sites (tertiary alicyclic amines) is 1. The van der Waals surface area contributed by atoms with E-state index in [9.17, 15) is 19.5 Å². The average Bonchev–Trinajstić information content (AvgIpc) is 3.51. The molecule has 2 aromatic carbocycles. The molecule has 2 fully saturated rings. The standard InChI is InChI=1S/C32H39ClN2O5/c1-2-22-17-21(7-12-29(22)40-16-15-35-30(36)13-14-31(35)37)19-34(20-24-5-3-4-6-27(24)32(38)39)28-11-8-23-18-25(33)9-10-26(23)28/h7,9-10,12,17-18,24,27-28H,2-6,8,11,13-16,19-20H2,1H3,(H,38,39). The molecule has 3 aliphatic rings. The minimum atomic E-state index is -0.671. The number of hydrogen-bond donors (Lipinski definition) is 1. The number of carbonyl (C=O) groups excluding carboxylic acids is 2. The number of carboxylic acids is 1. The smallest absolute Gasteiger partial charge is 0.306 e. The summed E-state index contributed by atoms with van der Waals surface area (Å²) in [5, 5.41) is 10.7. The highest BCUT2D eigenvalue weighted by atomic mass is 35.5. The van der Waals surface area contributed by atoms with E-state index in [0.717, 1.165) is 74.4 Å². The summed E-state index contributed by atoms with van der Waals surface area (Å²) in [6, 6.07) is 12.6. The molecular formula is C32H39ClN2O5. The number of halogens is 1. The Balaban J connectivity index is 1.33. The monoisotopic (exact) mass is 566 g/mol. The number of ether oxygens (including phenoxy) is 1. The number of nitrogens with zero attached hydrogens (tertiary/aromatic N) is 2. The highest BCUT2D eigenvalue weighted by molar-refractivity contribution is 6.30. The summed E-state index contributed by atoms with van der Waals surface area (Å²) >= 11 is 6.30. The molecule has 1 saturated heterocycles. The van der Waals surface area contributed by atoms with Gasteiger partial charge in [-0.15, -0.1) is 0 Å². The first kappa shape index (κ1) is 28.6. The van der Waals surface area contributed by atoms with E-state index >= 15 is 0 Å². The molecule has 0 radical (unpaired) electrons. The molecule has 0 spiro atoms. The number of imide groups is 1. The summed E-state index contributed by atoms with van der Waals surface area (Å²) in [7, 11) is 0. The first-order chi connectivity index (χ1) is 19.3. The van der Waals surface area contributed by atoms with Gasteiger partial charge >= 0.3 is 5.97 Å². The van der Waals surface area contributed by atoms with Crippen LogP contribution in [0.25, 0.3) is 0 Å². The molecule has 3 atom stereocenters. The highest BCUT2D eigenvalue weighted by Crippen LogP contribution is 2.40. The van der Waals surface area contributed by atoms with E-state index in [1.54, 1.807) is 0 Å². The first-order valence-electron chi connectivity index (χ1n) is 14.7. The second-order valence-electron chi connectivity index (χ2n) is 11.4. The van der Waals surface area contributed by atoms with Crippen molar-refractivity contribution >= 4 is 29.4 Å². The molecule has 5 rings (SSSR count). The number of carboxylic acid groups (broad SMARTS) is 1. The van der Waals surface area contributed by atoms with Gasteiger partial charge in [-0.3, -0.25) is 24.2 Å². The molecule has 7 nitrogen and oxygen atoms in total. The van der Waals surface area contributed by atoms with E-state index in [0.29, 0.717) is 0 Å². The lowest BCUT2D eigenvalue weighted by atomic mass is 9.78. The fraction of sp³-hybridized carbons (Fsp3) is 0.531. The third-order valence-electron chi connectivity index (χ3n) is 8.91. The molecule has 8 heteroatoms. The molecule has 3 unspecified atom stereocenters. The molecule has 40 heavy (non-hydrogen) atoms. The van der Waals surface area contributed by atoms with Crippen LogP contribution >= 0.6 is 11.6 Å². The van der Waals surface area contributed by atoms with E-state index in [1.165, 1.54) is 21.6 Å². The summed E-state index contributed by atoms with van der Waals surface area (Å²) in [6.45, 7) is 4.11. The minimum Gasteiger partial charge on any atom is -0.491 e. The Kier molecular flexibility index (Phi) is 9.11. The van der Waals surface area contributed by atoms with Gasteiger partial charge in [-0.25, -0.2) is 0 Å². The summed E-state index contributed by atoms with van der Waals surface area (Å²) < 4.78 is 6.03. The third-order valence-corrected chi connectivity index (χ3v) is 9.14. The van der Waals surface area contributed by atoms with E-state index in [1.807, 2.05) is 12.1 Å². The number of rotatable bonds is 11. The normalized spacial score (nSPS) is 22.7. The van der Waals surface area contributed by atoms with Gasteiger partial charge < -0.3 is 9.84 Å². The van der Waals surface area contributed by atoms with Crippen LogP contribution in [0.15, 0.2) is 36.4 Å². The zero-order valence-electron chi connectivity index (χ0n) is 23.2. The van der Waals surface area contributed by atoms with Crippen LogP contribution in [0, 0.1) is 11.8 Å².